The molecule has 0 N–H and O–H groups in total. The van der Waals surface area contributed by atoms with Gasteiger partial charge in [-0.25, -0.2) is 4.98 Å². The number of carbonyl (C=O) groups excluding carboxylic acids is 1. The maximum absolute atomic E-state index is 13.0. The van der Waals surface area contributed by atoms with Crippen LogP contribution in [0.25, 0.3) is 5.69 Å². The Morgan fingerprint density at radius 1 is 0.963 bits per heavy atom. The smallest absolute Gasteiger partial charge is 0.213 e. The second-order valence-corrected chi connectivity index (χ2v) is 6.07. The third-order valence-electron chi connectivity index (χ3n) is 4.42. The summed E-state index contributed by atoms with van der Waals surface area (Å²) in [6.45, 7) is 3.90. The van der Waals surface area contributed by atoms with E-state index in [1.165, 1.54) is 21.3 Å². The van der Waals surface area contributed by atoms with Crippen molar-refractivity contribution in [3.05, 3.63) is 65.2 Å². The van der Waals surface area contributed by atoms with Crippen molar-refractivity contribution < 1.29 is 19.0 Å². The summed E-state index contributed by atoms with van der Waals surface area (Å²) in [5, 5.41) is 0. The van der Waals surface area contributed by atoms with Crippen molar-refractivity contribution in [1.82, 2.24) is 9.55 Å². The summed E-state index contributed by atoms with van der Waals surface area (Å²) in [4.78, 5) is 17.5. The van der Waals surface area contributed by atoms with Crippen LogP contribution in [0.3, 0.4) is 0 Å². The Labute approximate surface area is 158 Å². The molecule has 140 valence electrons. The van der Waals surface area contributed by atoms with Crippen molar-refractivity contribution >= 4 is 5.78 Å². The molecular formula is C21H22N2O4. The van der Waals surface area contributed by atoms with Crippen LogP contribution in [0.4, 0.5) is 0 Å². The molecule has 6 nitrogen and oxygen atoms in total. The second-order valence-electron chi connectivity index (χ2n) is 6.07. The number of methoxy groups -OCH3 is 3. The second kappa shape index (κ2) is 7.53. The van der Waals surface area contributed by atoms with E-state index in [2.05, 4.69) is 4.98 Å². The Morgan fingerprint density at radius 2 is 1.59 bits per heavy atom. The van der Waals surface area contributed by atoms with E-state index < -0.39 is 0 Å². The number of aromatic nitrogens is 2. The molecule has 0 aliphatic rings. The van der Waals surface area contributed by atoms with Gasteiger partial charge in [0.1, 0.15) is 11.5 Å². The summed E-state index contributed by atoms with van der Waals surface area (Å²) >= 11 is 0. The minimum Gasteiger partial charge on any atom is -0.493 e. The van der Waals surface area contributed by atoms with Gasteiger partial charge in [0, 0.05) is 17.4 Å². The molecule has 3 aromatic rings. The molecule has 0 bridgehead atoms. The molecule has 1 aromatic heterocycles. The number of aryl methyl sites for hydroxylation is 2. The molecule has 0 spiro atoms. The molecule has 2 aromatic carbocycles. The van der Waals surface area contributed by atoms with Crippen LogP contribution >= 0.6 is 0 Å². The van der Waals surface area contributed by atoms with E-state index in [4.69, 9.17) is 14.2 Å². The molecular weight excluding hydrogens is 344 g/mol. The summed E-state index contributed by atoms with van der Waals surface area (Å²) < 4.78 is 17.9. The van der Waals surface area contributed by atoms with Gasteiger partial charge >= 0.3 is 0 Å². The Balaban J connectivity index is 2.05. The van der Waals surface area contributed by atoms with Crippen LogP contribution in [0, 0.1) is 13.8 Å². The van der Waals surface area contributed by atoms with Crippen molar-refractivity contribution in [2.45, 2.75) is 13.8 Å². The zero-order chi connectivity index (χ0) is 19.6. The lowest BCUT2D eigenvalue weighted by Gasteiger charge is -2.13. The van der Waals surface area contributed by atoms with Gasteiger partial charge in [-0.05, 0) is 37.6 Å². The third kappa shape index (κ3) is 3.38. The number of ether oxygens (including phenoxy) is 3. The number of rotatable bonds is 6. The largest absolute Gasteiger partial charge is 0.493 e. The number of benzene rings is 2. The molecule has 0 radical (unpaired) electrons. The summed E-state index contributed by atoms with van der Waals surface area (Å²) in [5.74, 6) is 1.81. The van der Waals surface area contributed by atoms with Gasteiger partial charge in [-0.1, -0.05) is 18.2 Å². The minimum absolute atomic E-state index is 0.218. The van der Waals surface area contributed by atoms with Crippen LogP contribution in [0.1, 0.15) is 27.4 Å². The molecule has 0 amide bonds. The Morgan fingerprint density at radius 3 is 2.15 bits per heavy atom. The van der Waals surface area contributed by atoms with Crippen LogP contribution < -0.4 is 14.2 Å². The van der Waals surface area contributed by atoms with E-state index in [1.54, 1.807) is 18.3 Å². The summed E-state index contributed by atoms with van der Waals surface area (Å²) in [6, 6.07) is 11.2. The first-order chi connectivity index (χ1) is 13.0. The zero-order valence-corrected chi connectivity index (χ0v) is 16.1. The van der Waals surface area contributed by atoms with Crippen molar-refractivity contribution in [3.63, 3.8) is 0 Å². The highest BCUT2D eigenvalue weighted by Crippen LogP contribution is 2.38. The standard InChI is InChI=1S/C21H22N2O4/c1-13-8-6-7-9-17(13)23-12-16(22-14(23)2)20(24)15-10-18(25-3)21(27-5)19(11-15)26-4/h6-12H,1-5H3. The predicted molar refractivity (Wildman–Crippen MR) is 103 cm³/mol. The Kier molecular flexibility index (Phi) is 5.16. The van der Waals surface area contributed by atoms with Crippen LogP contribution in [-0.4, -0.2) is 36.7 Å². The van der Waals surface area contributed by atoms with Crippen LogP contribution in [0.2, 0.25) is 0 Å². The van der Waals surface area contributed by atoms with Gasteiger partial charge in [-0.2, -0.15) is 0 Å². The fourth-order valence-electron chi connectivity index (χ4n) is 3.02. The topological polar surface area (TPSA) is 62.6 Å². The first-order valence-electron chi connectivity index (χ1n) is 8.46. The molecule has 0 fully saturated rings. The van der Waals surface area contributed by atoms with Crippen LogP contribution in [0.15, 0.2) is 42.6 Å². The van der Waals surface area contributed by atoms with Crippen LogP contribution in [0.5, 0.6) is 17.2 Å². The maximum Gasteiger partial charge on any atom is 0.213 e. The minimum atomic E-state index is -0.218. The number of hydrogen-bond acceptors (Lipinski definition) is 5. The van der Waals surface area contributed by atoms with E-state index in [1.807, 2.05) is 42.7 Å². The van der Waals surface area contributed by atoms with E-state index in [-0.39, 0.29) is 5.78 Å². The zero-order valence-electron chi connectivity index (χ0n) is 16.1. The highest BCUT2D eigenvalue weighted by atomic mass is 16.5. The fourth-order valence-corrected chi connectivity index (χ4v) is 3.02. The average Bonchev–Trinajstić information content (AvgIpc) is 3.07. The van der Waals surface area contributed by atoms with Gasteiger partial charge in [-0.15, -0.1) is 0 Å². The maximum atomic E-state index is 13.0. The summed E-state index contributed by atoms with van der Waals surface area (Å²) in [5.41, 5.74) is 2.86. The number of para-hydroxylation sites is 1. The van der Waals surface area contributed by atoms with E-state index >= 15 is 0 Å². The lowest BCUT2D eigenvalue weighted by atomic mass is 10.1. The molecule has 3 rings (SSSR count). The van der Waals surface area contributed by atoms with Crippen molar-refractivity contribution in [3.8, 4) is 22.9 Å². The number of imidazole rings is 1. The third-order valence-corrected chi connectivity index (χ3v) is 4.42. The van der Waals surface area contributed by atoms with Crippen LogP contribution in [-0.2, 0) is 0 Å². The first-order valence-corrected chi connectivity index (χ1v) is 8.46. The Bertz CT molecular complexity index is 967. The molecule has 0 aliphatic heterocycles. The average molecular weight is 366 g/mol. The number of nitrogens with zero attached hydrogens (tertiary/aromatic N) is 2. The van der Waals surface area contributed by atoms with Gasteiger partial charge in [0.2, 0.25) is 11.5 Å². The lowest BCUT2D eigenvalue weighted by molar-refractivity contribution is 0.103. The van der Waals surface area contributed by atoms with E-state index in [0.29, 0.717) is 28.5 Å². The molecule has 1 heterocycles. The van der Waals surface area contributed by atoms with Gasteiger partial charge in [0.15, 0.2) is 11.5 Å². The van der Waals surface area contributed by atoms with Crippen molar-refractivity contribution in [1.29, 1.82) is 0 Å². The van der Waals surface area contributed by atoms with Gasteiger partial charge in [-0.3, -0.25) is 4.79 Å². The van der Waals surface area contributed by atoms with E-state index in [9.17, 15) is 4.79 Å². The highest BCUT2D eigenvalue weighted by molar-refractivity contribution is 6.08. The predicted octanol–water partition coefficient (Wildman–Crippen LogP) is 3.75. The molecule has 6 heteroatoms. The Hall–Kier alpha value is -3.28. The summed E-state index contributed by atoms with van der Waals surface area (Å²) in [7, 11) is 4.56. The summed E-state index contributed by atoms with van der Waals surface area (Å²) in [6.07, 6.45) is 1.75. The molecule has 0 saturated heterocycles. The lowest BCUT2D eigenvalue weighted by Crippen LogP contribution is -2.04. The van der Waals surface area contributed by atoms with E-state index in [0.717, 1.165) is 17.1 Å². The van der Waals surface area contributed by atoms with Gasteiger partial charge in [0.25, 0.3) is 0 Å². The molecule has 0 aliphatic carbocycles. The first kappa shape index (κ1) is 18.5. The van der Waals surface area contributed by atoms with Crippen molar-refractivity contribution in [2.75, 3.05) is 21.3 Å². The molecule has 0 unspecified atom stereocenters. The highest BCUT2D eigenvalue weighted by Gasteiger charge is 2.21. The van der Waals surface area contributed by atoms with Gasteiger partial charge < -0.3 is 18.8 Å². The van der Waals surface area contributed by atoms with Crippen molar-refractivity contribution in [2.24, 2.45) is 0 Å². The number of ketones is 1. The normalized spacial score (nSPS) is 10.6. The number of carbonyl (C=O) groups is 1. The quantitative estimate of drug-likeness (QED) is 0.622. The molecule has 27 heavy (non-hydrogen) atoms. The van der Waals surface area contributed by atoms with Gasteiger partial charge in [0.05, 0.1) is 21.3 Å². The SMILES string of the molecule is COc1cc(C(=O)c2cn(-c3ccccc3C)c(C)n2)cc(OC)c1OC. The monoisotopic (exact) mass is 366 g/mol. The number of hydrogen-bond donors (Lipinski definition) is 0. The molecule has 0 atom stereocenters. The molecule has 0 saturated carbocycles. The fraction of sp³-hybridized carbons (Fsp3) is 0.238.